The van der Waals surface area contributed by atoms with Crippen molar-refractivity contribution in [3.05, 3.63) is 0 Å². The monoisotopic (exact) mass is 390 g/mol. The Kier molecular flexibility index (Phi) is 4.31. The number of fused-ring (bicyclic) bond motifs is 2. The third kappa shape index (κ3) is 2.44. The quantitative estimate of drug-likeness (QED) is 0.544. The van der Waals surface area contributed by atoms with E-state index < -0.39 is 17.7 Å². The highest BCUT2D eigenvalue weighted by molar-refractivity contribution is 9.09. The van der Waals surface area contributed by atoms with Crippen LogP contribution in [0.4, 0.5) is 0 Å². The molecular weight excluding hydrogens is 364 g/mol. The molecule has 5 fully saturated rings. The molecule has 6 heteroatoms. The Labute approximate surface area is 146 Å². The smallest absolute Gasteiger partial charge is 0.201 e. The van der Waals surface area contributed by atoms with Gasteiger partial charge in [0.1, 0.15) is 0 Å². The molecule has 5 nitrogen and oxygen atoms in total. The summed E-state index contributed by atoms with van der Waals surface area (Å²) in [5.74, 6) is 0.894. The van der Waals surface area contributed by atoms with Crippen LogP contribution < -0.4 is 0 Å². The molecule has 0 aromatic carbocycles. The van der Waals surface area contributed by atoms with Crippen LogP contribution >= 0.6 is 15.9 Å². The summed E-state index contributed by atoms with van der Waals surface area (Å²) >= 11 is 3.42. The molecule has 4 aliphatic heterocycles. The van der Waals surface area contributed by atoms with E-state index in [9.17, 15) is 0 Å². The number of halogens is 1. The molecule has 23 heavy (non-hydrogen) atoms. The maximum atomic E-state index is 6.29. The summed E-state index contributed by atoms with van der Waals surface area (Å²) in [6.45, 7) is 7.13. The van der Waals surface area contributed by atoms with E-state index >= 15 is 0 Å². The maximum absolute atomic E-state index is 6.29. The van der Waals surface area contributed by atoms with Gasteiger partial charge in [0, 0.05) is 23.6 Å². The second-order valence-corrected chi connectivity index (χ2v) is 8.63. The molecule has 4 saturated heterocycles. The molecule has 8 atom stereocenters. The number of hydrogen-bond donors (Lipinski definition) is 0. The standard InChI is InChI=1S/C17H27BrO5/c1-10-4-5-13-11(2)14(19-9-8-18)20-15-17(13)12(10)6-7-16(3,21-15)22-23-17/h10-15H,4-9H2,1-3H3/t10-,11-,12+,13+,14+,15-,16?,17-/m1/s1. The SMILES string of the molecule is C[C@H]1[C@@H](OCCBr)O[C@@H]2OC3(C)CC[C@H]4[C@H](C)CC[C@@H]1[C@@]24OO3. The zero-order chi connectivity index (χ0) is 16.2. The molecule has 1 aliphatic carbocycles. The molecule has 132 valence electrons. The molecule has 0 aromatic heterocycles. The largest absolute Gasteiger partial charge is 0.351 e. The van der Waals surface area contributed by atoms with Gasteiger partial charge in [-0.25, -0.2) is 9.78 Å². The van der Waals surface area contributed by atoms with Crippen LogP contribution in [-0.2, 0) is 24.0 Å². The summed E-state index contributed by atoms with van der Waals surface area (Å²) < 4.78 is 18.5. The second kappa shape index (κ2) is 5.92. The Bertz CT molecular complexity index is 462. The van der Waals surface area contributed by atoms with Crippen LogP contribution in [0.1, 0.15) is 46.5 Å². The van der Waals surface area contributed by atoms with Crippen LogP contribution in [-0.4, -0.2) is 35.9 Å². The number of ether oxygens (including phenoxy) is 3. The van der Waals surface area contributed by atoms with E-state index in [1.165, 1.54) is 6.42 Å². The molecule has 4 heterocycles. The Morgan fingerprint density at radius 3 is 2.74 bits per heavy atom. The Morgan fingerprint density at radius 1 is 1.13 bits per heavy atom. The average molecular weight is 391 g/mol. The van der Waals surface area contributed by atoms with E-state index in [0.29, 0.717) is 24.4 Å². The van der Waals surface area contributed by atoms with E-state index in [1.54, 1.807) is 0 Å². The molecule has 5 rings (SSSR count). The fraction of sp³-hybridized carbons (Fsp3) is 1.00. The third-order valence-corrected chi connectivity index (χ3v) is 6.78. The van der Waals surface area contributed by atoms with E-state index in [4.69, 9.17) is 24.0 Å². The first kappa shape index (κ1) is 16.7. The van der Waals surface area contributed by atoms with Crippen LogP contribution in [0.25, 0.3) is 0 Å². The fourth-order valence-electron chi connectivity index (χ4n) is 5.22. The van der Waals surface area contributed by atoms with Gasteiger partial charge in [0.2, 0.25) is 5.79 Å². The minimum atomic E-state index is -0.710. The lowest BCUT2D eigenvalue weighted by atomic mass is 9.58. The molecule has 0 amide bonds. The zero-order valence-corrected chi connectivity index (χ0v) is 15.7. The second-order valence-electron chi connectivity index (χ2n) is 7.83. The molecule has 5 aliphatic rings. The van der Waals surface area contributed by atoms with E-state index in [1.807, 2.05) is 6.92 Å². The molecule has 1 spiro atoms. The number of hydrogen-bond acceptors (Lipinski definition) is 5. The van der Waals surface area contributed by atoms with Gasteiger partial charge in [0.15, 0.2) is 18.2 Å². The van der Waals surface area contributed by atoms with Gasteiger partial charge >= 0.3 is 0 Å². The molecule has 1 unspecified atom stereocenters. The molecule has 0 aromatic rings. The lowest BCUT2D eigenvalue weighted by molar-refractivity contribution is -0.577. The van der Waals surface area contributed by atoms with Crippen molar-refractivity contribution < 1.29 is 24.0 Å². The first-order valence-electron chi connectivity index (χ1n) is 8.88. The van der Waals surface area contributed by atoms with Crippen LogP contribution in [0.3, 0.4) is 0 Å². The van der Waals surface area contributed by atoms with Crippen molar-refractivity contribution in [2.75, 3.05) is 11.9 Å². The summed E-state index contributed by atoms with van der Waals surface area (Å²) in [6.07, 6.45) is 3.59. The Balaban J connectivity index is 1.70. The van der Waals surface area contributed by atoms with Gasteiger partial charge in [-0.2, -0.15) is 0 Å². The highest BCUT2D eigenvalue weighted by atomic mass is 79.9. The van der Waals surface area contributed by atoms with Crippen molar-refractivity contribution in [3.8, 4) is 0 Å². The lowest BCUT2D eigenvalue weighted by Crippen LogP contribution is -2.70. The van der Waals surface area contributed by atoms with Gasteiger partial charge < -0.3 is 14.2 Å². The van der Waals surface area contributed by atoms with E-state index in [2.05, 4.69) is 29.8 Å². The van der Waals surface area contributed by atoms with Crippen LogP contribution in [0.15, 0.2) is 0 Å². The maximum Gasteiger partial charge on any atom is 0.201 e. The topological polar surface area (TPSA) is 46.2 Å². The van der Waals surface area contributed by atoms with E-state index in [-0.39, 0.29) is 12.2 Å². The van der Waals surface area contributed by atoms with Crippen LogP contribution in [0, 0.1) is 23.7 Å². The normalized spacial score (nSPS) is 55.3. The lowest BCUT2D eigenvalue weighted by Gasteiger charge is -2.60. The van der Waals surface area contributed by atoms with Crippen LogP contribution in [0.5, 0.6) is 0 Å². The molecule has 1 saturated carbocycles. The van der Waals surface area contributed by atoms with Crippen molar-refractivity contribution in [1.29, 1.82) is 0 Å². The zero-order valence-electron chi connectivity index (χ0n) is 14.1. The summed E-state index contributed by atoms with van der Waals surface area (Å²) in [4.78, 5) is 11.9. The van der Waals surface area contributed by atoms with E-state index in [0.717, 1.165) is 24.6 Å². The average Bonchev–Trinajstić information content (AvgIpc) is 2.76. The Hall–Kier alpha value is 0.280. The summed E-state index contributed by atoms with van der Waals surface area (Å²) in [5, 5.41) is 0.803. The highest BCUT2D eigenvalue weighted by Gasteiger charge is 2.69. The minimum absolute atomic E-state index is 0.242. The highest BCUT2D eigenvalue weighted by Crippen LogP contribution is 2.60. The molecule has 2 bridgehead atoms. The van der Waals surface area contributed by atoms with Crippen molar-refractivity contribution in [1.82, 2.24) is 0 Å². The number of rotatable bonds is 3. The Morgan fingerprint density at radius 2 is 1.96 bits per heavy atom. The summed E-state index contributed by atoms with van der Waals surface area (Å²) in [5.41, 5.74) is -0.485. The van der Waals surface area contributed by atoms with Gasteiger partial charge in [-0.1, -0.05) is 29.8 Å². The van der Waals surface area contributed by atoms with Crippen molar-refractivity contribution in [2.45, 2.75) is 70.4 Å². The van der Waals surface area contributed by atoms with Crippen LogP contribution in [0.2, 0.25) is 0 Å². The molecule has 0 radical (unpaired) electrons. The number of alkyl halides is 1. The third-order valence-electron chi connectivity index (χ3n) is 6.46. The van der Waals surface area contributed by atoms with Gasteiger partial charge in [-0.15, -0.1) is 0 Å². The van der Waals surface area contributed by atoms with Gasteiger partial charge in [-0.3, -0.25) is 0 Å². The minimum Gasteiger partial charge on any atom is -0.351 e. The fourth-order valence-corrected chi connectivity index (χ4v) is 5.41. The first-order valence-corrected chi connectivity index (χ1v) is 10.00. The summed E-state index contributed by atoms with van der Waals surface area (Å²) in [7, 11) is 0. The van der Waals surface area contributed by atoms with Crippen molar-refractivity contribution >= 4 is 15.9 Å². The van der Waals surface area contributed by atoms with Gasteiger partial charge in [-0.05, 0) is 38.0 Å². The summed E-state index contributed by atoms with van der Waals surface area (Å²) in [6, 6.07) is 0. The molecule has 0 N–H and O–H groups in total. The van der Waals surface area contributed by atoms with Gasteiger partial charge in [0.25, 0.3) is 0 Å². The molecular formula is C17H27BrO5. The predicted octanol–water partition coefficient (Wildman–Crippen LogP) is 3.61. The predicted molar refractivity (Wildman–Crippen MR) is 86.6 cm³/mol. The van der Waals surface area contributed by atoms with Gasteiger partial charge in [0.05, 0.1) is 6.61 Å². The first-order chi connectivity index (χ1) is 11.0. The van der Waals surface area contributed by atoms with Crippen molar-refractivity contribution in [3.63, 3.8) is 0 Å². The van der Waals surface area contributed by atoms with Crippen molar-refractivity contribution in [2.24, 2.45) is 23.7 Å².